The summed E-state index contributed by atoms with van der Waals surface area (Å²) < 4.78 is 15.3. The van der Waals surface area contributed by atoms with E-state index in [4.69, 9.17) is 14.2 Å². The first-order valence-electron chi connectivity index (χ1n) is 5.51. The minimum atomic E-state index is -1.19. The van der Waals surface area contributed by atoms with Gasteiger partial charge in [0.25, 0.3) is 5.79 Å². The molecule has 17 heavy (non-hydrogen) atoms. The van der Waals surface area contributed by atoms with E-state index in [0.29, 0.717) is 31.9 Å². The van der Waals surface area contributed by atoms with Crippen molar-refractivity contribution in [3.8, 4) is 0 Å². The molecule has 0 aromatic carbocycles. The molecule has 2 aliphatic heterocycles. The van der Waals surface area contributed by atoms with Gasteiger partial charge in [0, 0.05) is 32.5 Å². The van der Waals surface area contributed by atoms with Gasteiger partial charge >= 0.3 is 11.9 Å². The van der Waals surface area contributed by atoms with E-state index in [1.54, 1.807) is 0 Å². The SMILES string of the molecule is CC1(C)OC(=O)C(=C2CCOCCN2)C(=O)O1. The molecule has 2 aliphatic rings. The molecule has 2 heterocycles. The van der Waals surface area contributed by atoms with Crippen LogP contribution in [0.15, 0.2) is 11.3 Å². The second-order valence-electron chi connectivity index (χ2n) is 4.32. The summed E-state index contributed by atoms with van der Waals surface area (Å²) in [6.07, 6.45) is 0.472. The van der Waals surface area contributed by atoms with Gasteiger partial charge in [-0.2, -0.15) is 0 Å². The molecule has 0 aromatic rings. The van der Waals surface area contributed by atoms with Crippen molar-refractivity contribution in [3.05, 3.63) is 11.3 Å². The lowest BCUT2D eigenvalue weighted by molar-refractivity contribution is -0.222. The first-order chi connectivity index (χ1) is 7.99. The number of nitrogens with one attached hydrogen (secondary N) is 1. The van der Waals surface area contributed by atoms with Crippen molar-refractivity contribution in [3.63, 3.8) is 0 Å². The monoisotopic (exact) mass is 241 g/mol. The summed E-state index contributed by atoms with van der Waals surface area (Å²) in [4.78, 5) is 23.5. The first-order valence-corrected chi connectivity index (χ1v) is 5.51. The first kappa shape index (κ1) is 11.9. The van der Waals surface area contributed by atoms with Crippen LogP contribution in [0.1, 0.15) is 20.3 Å². The fraction of sp³-hybridized carbons (Fsp3) is 0.636. The van der Waals surface area contributed by atoms with E-state index in [9.17, 15) is 9.59 Å². The third kappa shape index (κ3) is 2.58. The zero-order valence-electron chi connectivity index (χ0n) is 9.87. The van der Waals surface area contributed by atoms with Crippen molar-refractivity contribution >= 4 is 11.9 Å². The molecule has 0 aromatic heterocycles. The molecule has 0 amide bonds. The van der Waals surface area contributed by atoms with Crippen LogP contribution in [0, 0.1) is 0 Å². The summed E-state index contributed by atoms with van der Waals surface area (Å²) >= 11 is 0. The van der Waals surface area contributed by atoms with Crippen molar-refractivity contribution in [2.75, 3.05) is 19.8 Å². The van der Waals surface area contributed by atoms with Crippen LogP contribution in [0.2, 0.25) is 0 Å². The molecule has 94 valence electrons. The van der Waals surface area contributed by atoms with E-state index in [1.165, 1.54) is 13.8 Å². The summed E-state index contributed by atoms with van der Waals surface area (Å²) in [5, 5.41) is 2.99. The van der Waals surface area contributed by atoms with Gasteiger partial charge in [-0.15, -0.1) is 0 Å². The molecule has 6 heteroatoms. The normalized spacial score (nSPS) is 24.6. The van der Waals surface area contributed by atoms with E-state index in [1.807, 2.05) is 0 Å². The van der Waals surface area contributed by atoms with E-state index in [-0.39, 0.29) is 5.57 Å². The molecule has 2 rings (SSSR count). The van der Waals surface area contributed by atoms with Crippen molar-refractivity contribution in [2.45, 2.75) is 26.1 Å². The number of carbonyl (C=O) groups is 2. The number of cyclic esters (lactones) is 2. The molecule has 0 saturated carbocycles. The summed E-state index contributed by atoms with van der Waals surface area (Å²) in [5.74, 6) is -2.48. The van der Waals surface area contributed by atoms with E-state index in [2.05, 4.69) is 5.32 Å². The highest BCUT2D eigenvalue weighted by molar-refractivity contribution is 6.16. The molecular formula is C11H15NO5. The van der Waals surface area contributed by atoms with Crippen molar-refractivity contribution in [2.24, 2.45) is 0 Å². The van der Waals surface area contributed by atoms with Crippen molar-refractivity contribution < 1.29 is 23.8 Å². The largest absolute Gasteiger partial charge is 0.419 e. The summed E-state index contributed by atoms with van der Waals surface area (Å²) in [5.41, 5.74) is 0.489. The molecule has 6 nitrogen and oxygen atoms in total. The van der Waals surface area contributed by atoms with E-state index >= 15 is 0 Å². The zero-order valence-corrected chi connectivity index (χ0v) is 9.87. The third-order valence-electron chi connectivity index (χ3n) is 2.47. The Kier molecular flexibility index (Phi) is 3.06. The zero-order chi connectivity index (χ0) is 12.5. The Balaban J connectivity index is 2.27. The molecular weight excluding hydrogens is 226 g/mol. The Hall–Kier alpha value is -1.56. The molecule has 0 atom stereocenters. The molecule has 2 fully saturated rings. The molecule has 0 aliphatic carbocycles. The average Bonchev–Trinajstić information content (AvgIpc) is 2.43. The smallest absolute Gasteiger partial charge is 0.350 e. The Morgan fingerprint density at radius 3 is 2.41 bits per heavy atom. The van der Waals surface area contributed by atoms with Gasteiger partial charge < -0.3 is 19.5 Å². The number of rotatable bonds is 0. The molecule has 0 spiro atoms. The number of hydrogen-bond donors (Lipinski definition) is 1. The predicted octanol–water partition coefficient (Wildman–Crippen LogP) is 0.0865. The summed E-state index contributed by atoms with van der Waals surface area (Å²) in [6.45, 7) is 4.62. The predicted molar refractivity (Wildman–Crippen MR) is 56.7 cm³/mol. The molecule has 0 unspecified atom stereocenters. The highest BCUT2D eigenvalue weighted by atomic mass is 16.7. The Bertz CT molecular complexity index is 353. The van der Waals surface area contributed by atoms with E-state index < -0.39 is 17.7 Å². The van der Waals surface area contributed by atoms with Crippen molar-refractivity contribution in [1.29, 1.82) is 0 Å². The van der Waals surface area contributed by atoms with Gasteiger partial charge in [-0.1, -0.05) is 0 Å². The quantitative estimate of drug-likeness (QED) is 0.368. The van der Waals surface area contributed by atoms with Crippen LogP contribution in [0.3, 0.4) is 0 Å². The van der Waals surface area contributed by atoms with Gasteiger partial charge in [-0.05, 0) is 0 Å². The fourth-order valence-electron chi connectivity index (χ4n) is 1.75. The van der Waals surface area contributed by atoms with Crippen LogP contribution < -0.4 is 5.32 Å². The maximum atomic E-state index is 11.8. The van der Waals surface area contributed by atoms with Crippen LogP contribution in [-0.2, 0) is 23.8 Å². The number of carbonyl (C=O) groups excluding carboxylic acids is 2. The maximum absolute atomic E-state index is 11.8. The lowest BCUT2D eigenvalue weighted by atomic mass is 10.1. The summed E-state index contributed by atoms with van der Waals surface area (Å²) in [6, 6.07) is 0. The average molecular weight is 241 g/mol. The Labute approximate surface area is 98.9 Å². The van der Waals surface area contributed by atoms with Crippen LogP contribution in [0.25, 0.3) is 0 Å². The van der Waals surface area contributed by atoms with Crippen LogP contribution in [0.4, 0.5) is 0 Å². The van der Waals surface area contributed by atoms with Gasteiger partial charge in [0.1, 0.15) is 0 Å². The van der Waals surface area contributed by atoms with Crippen molar-refractivity contribution in [1.82, 2.24) is 5.32 Å². The number of hydrogen-bond acceptors (Lipinski definition) is 6. The summed E-state index contributed by atoms with van der Waals surface area (Å²) in [7, 11) is 0. The van der Waals surface area contributed by atoms with Crippen LogP contribution >= 0.6 is 0 Å². The minimum absolute atomic E-state index is 0.0465. The topological polar surface area (TPSA) is 73.9 Å². The van der Waals surface area contributed by atoms with Gasteiger partial charge in [-0.25, -0.2) is 9.59 Å². The maximum Gasteiger partial charge on any atom is 0.350 e. The standard InChI is InChI=1S/C11H15NO5/c1-11(2)16-9(13)8(10(14)17-11)7-3-5-15-6-4-12-7/h12H,3-6H2,1-2H3. The van der Waals surface area contributed by atoms with Crippen LogP contribution in [0.5, 0.6) is 0 Å². The lowest BCUT2D eigenvalue weighted by Gasteiger charge is -2.30. The lowest BCUT2D eigenvalue weighted by Crippen LogP contribution is -2.43. The third-order valence-corrected chi connectivity index (χ3v) is 2.47. The molecule has 2 saturated heterocycles. The van der Waals surface area contributed by atoms with Gasteiger partial charge in [-0.3, -0.25) is 0 Å². The number of ether oxygens (including phenoxy) is 3. The fourth-order valence-corrected chi connectivity index (χ4v) is 1.75. The highest BCUT2D eigenvalue weighted by Gasteiger charge is 2.40. The number of esters is 2. The molecule has 0 bridgehead atoms. The Morgan fingerprint density at radius 2 is 1.76 bits per heavy atom. The van der Waals surface area contributed by atoms with Gasteiger partial charge in [0.05, 0.1) is 13.2 Å². The molecule has 0 radical (unpaired) electrons. The van der Waals surface area contributed by atoms with Crippen LogP contribution in [-0.4, -0.2) is 37.5 Å². The highest BCUT2D eigenvalue weighted by Crippen LogP contribution is 2.25. The van der Waals surface area contributed by atoms with E-state index in [0.717, 1.165) is 0 Å². The molecule has 1 N–H and O–H groups in total. The minimum Gasteiger partial charge on any atom is -0.419 e. The van der Waals surface area contributed by atoms with Gasteiger partial charge in [0.2, 0.25) is 0 Å². The van der Waals surface area contributed by atoms with Gasteiger partial charge in [0.15, 0.2) is 5.57 Å². The Morgan fingerprint density at radius 1 is 1.12 bits per heavy atom. The second-order valence-corrected chi connectivity index (χ2v) is 4.32. The second kappa shape index (κ2) is 4.37.